The molecule has 0 bridgehead atoms. The summed E-state index contributed by atoms with van der Waals surface area (Å²) in [5.74, 6) is 1.52. The van der Waals surface area contributed by atoms with Gasteiger partial charge in [0.05, 0.1) is 13.7 Å². The summed E-state index contributed by atoms with van der Waals surface area (Å²) in [6.07, 6.45) is -0.0237. The highest BCUT2D eigenvalue weighted by Crippen LogP contribution is 2.29. The van der Waals surface area contributed by atoms with E-state index in [2.05, 4.69) is 15.5 Å². The van der Waals surface area contributed by atoms with Crippen LogP contribution in [0.1, 0.15) is 12.5 Å². The van der Waals surface area contributed by atoms with E-state index in [9.17, 15) is 9.59 Å². The summed E-state index contributed by atoms with van der Waals surface area (Å²) >= 11 is 0. The molecule has 2 aliphatic rings. The average Bonchev–Trinajstić information content (AvgIpc) is 2.93. The van der Waals surface area contributed by atoms with Gasteiger partial charge >= 0.3 is 6.03 Å². The molecule has 1 saturated heterocycles. The first-order valence-electron chi connectivity index (χ1n) is 8.90. The molecule has 3 rings (SSSR count). The van der Waals surface area contributed by atoms with Gasteiger partial charge in [0, 0.05) is 50.9 Å². The fourth-order valence-corrected chi connectivity index (χ4v) is 3.26. The molecule has 3 amide bonds. The number of amides is 3. The van der Waals surface area contributed by atoms with Crippen LogP contribution in [0, 0.1) is 0 Å². The van der Waals surface area contributed by atoms with Crippen molar-refractivity contribution in [3.63, 3.8) is 0 Å². The standard InChI is InChI=1S/C18H26N4O4/c1-13-10-21(11-14-3-4-15(25-2)9-16(14)26-13)12-17(23)19-5-7-22-8-6-20-18(22)24/h3-4,9,13H,5-8,10-12H2,1-2H3,(H,19,23)(H,20,24). The Hall–Kier alpha value is -2.48. The van der Waals surface area contributed by atoms with Crippen molar-refractivity contribution in [2.45, 2.75) is 19.6 Å². The highest BCUT2D eigenvalue weighted by Gasteiger charge is 2.23. The predicted octanol–water partition coefficient (Wildman–Crippen LogP) is 0.420. The predicted molar refractivity (Wildman–Crippen MR) is 96.3 cm³/mol. The van der Waals surface area contributed by atoms with Gasteiger partial charge in [-0.1, -0.05) is 6.07 Å². The second kappa shape index (κ2) is 8.27. The van der Waals surface area contributed by atoms with E-state index >= 15 is 0 Å². The summed E-state index contributed by atoms with van der Waals surface area (Å²) in [6.45, 7) is 5.94. The van der Waals surface area contributed by atoms with Crippen molar-refractivity contribution in [2.75, 3.05) is 46.4 Å². The van der Waals surface area contributed by atoms with Crippen molar-refractivity contribution in [3.8, 4) is 11.5 Å². The van der Waals surface area contributed by atoms with E-state index in [4.69, 9.17) is 9.47 Å². The van der Waals surface area contributed by atoms with Gasteiger partial charge in [0.15, 0.2) is 0 Å². The fraction of sp³-hybridized carbons (Fsp3) is 0.556. The Morgan fingerprint density at radius 1 is 1.46 bits per heavy atom. The zero-order chi connectivity index (χ0) is 18.5. The van der Waals surface area contributed by atoms with Gasteiger partial charge in [0.1, 0.15) is 17.6 Å². The number of fused-ring (bicyclic) bond motifs is 1. The molecule has 0 saturated carbocycles. The number of methoxy groups -OCH3 is 1. The van der Waals surface area contributed by atoms with Crippen LogP contribution in [-0.4, -0.2) is 74.2 Å². The van der Waals surface area contributed by atoms with E-state index in [-0.39, 0.29) is 18.0 Å². The lowest BCUT2D eigenvalue weighted by Gasteiger charge is -2.21. The SMILES string of the molecule is COc1ccc2c(c1)OC(C)CN(CC(=O)NCCN1CCNC1=O)C2. The van der Waals surface area contributed by atoms with Crippen LogP contribution in [0.15, 0.2) is 18.2 Å². The Morgan fingerprint density at radius 2 is 2.31 bits per heavy atom. The molecule has 8 nitrogen and oxygen atoms in total. The van der Waals surface area contributed by atoms with Gasteiger partial charge in [0.25, 0.3) is 0 Å². The van der Waals surface area contributed by atoms with Gasteiger partial charge in [-0.25, -0.2) is 4.79 Å². The fourth-order valence-electron chi connectivity index (χ4n) is 3.26. The number of nitrogens with zero attached hydrogens (tertiary/aromatic N) is 2. The number of ether oxygens (including phenoxy) is 2. The minimum Gasteiger partial charge on any atom is -0.497 e. The van der Waals surface area contributed by atoms with E-state index in [1.165, 1.54) is 0 Å². The molecular weight excluding hydrogens is 336 g/mol. The Labute approximate surface area is 153 Å². The summed E-state index contributed by atoms with van der Waals surface area (Å²) in [7, 11) is 1.63. The van der Waals surface area contributed by atoms with Gasteiger partial charge < -0.3 is 25.0 Å². The average molecular weight is 362 g/mol. The Bertz CT molecular complexity index is 667. The number of carbonyl (C=O) groups is 2. The molecule has 0 spiro atoms. The van der Waals surface area contributed by atoms with Crippen LogP contribution < -0.4 is 20.1 Å². The first kappa shape index (κ1) is 18.3. The minimum absolute atomic E-state index is 0.0237. The van der Waals surface area contributed by atoms with E-state index in [1.807, 2.05) is 25.1 Å². The minimum atomic E-state index is -0.0650. The summed E-state index contributed by atoms with van der Waals surface area (Å²) in [6, 6.07) is 5.70. The second-order valence-electron chi connectivity index (χ2n) is 6.64. The molecule has 26 heavy (non-hydrogen) atoms. The first-order valence-corrected chi connectivity index (χ1v) is 8.90. The zero-order valence-corrected chi connectivity index (χ0v) is 15.3. The van der Waals surface area contributed by atoms with Crippen molar-refractivity contribution < 1.29 is 19.1 Å². The zero-order valence-electron chi connectivity index (χ0n) is 15.3. The number of hydrogen-bond acceptors (Lipinski definition) is 5. The molecule has 2 aliphatic heterocycles. The third-order valence-electron chi connectivity index (χ3n) is 4.53. The maximum absolute atomic E-state index is 12.3. The van der Waals surface area contributed by atoms with Crippen LogP contribution in [0.3, 0.4) is 0 Å². The maximum Gasteiger partial charge on any atom is 0.317 e. The number of hydrogen-bond donors (Lipinski definition) is 2. The largest absolute Gasteiger partial charge is 0.497 e. The van der Waals surface area contributed by atoms with E-state index in [0.29, 0.717) is 45.8 Å². The van der Waals surface area contributed by atoms with E-state index in [0.717, 1.165) is 17.1 Å². The van der Waals surface area contributed by atoms with Gasteiger partial charge in [-0.3, -0.25) is 9.69 Å². The van der Waals surface area contributed by atoms with Crippen LogP contribution in [0.4, 0.5) is 4.79 Å². The number of nitrogens with one attached hydrogen (secondary N) is 2. The van der Waals surface area contributed by atoms with Crippen LogP contribution in [0.5, 0.6) is 11.5 Å². The number of carbonyl (C=O) groups excluding carboxylic acids is 2. The van der Waals surface area contributed by atoms with Crippen molar-refractivity contribution >= 4 is 11.9 Å². The van der Waals surface area contributed by atoms with Crippen molar-refractivity contribution in [2.24, 2.45) is 0 Å². The Kier molecular flexibility index (Phi) is 5.82. The lowest BCUT2D eigenvalue weighted by molar-refractivity contribution is -0.122. The molecule has 8 heteroatoms. The molecule has 1 fully saturated rings. The normalized spacial score (nSPS) is 20.0. The third-order valence-corrected chi connectivity index (χ3v) is 4.53. The molecule has 0 aliphatic carbocycles. The molecule has 142 valence electrons. The quantitative estimate of drug-likeness (QED) is 0.766. The van der Waals surface area contributed by atoms with Crippen molar-refractivity contribution in [1.29, 1.82) is 0 Å². The van der Waals surface area contributed by atoms with E-state index < -0.39 is 0 Å². The molecule has 1 unspecified atom stereocenters. The van der Waals surface area contributed by atoms with Crippen LogP contribution in [0.2, 0.25) is 0 Å². The van der Waals surface area contributed by atoms with Gasteiger partial charge in [-0.2, -0.15) is 0 Å². The summed E-state index contributed by atoms with van der Waals surface area (Å²) in [5.41, 5.74) is 1.04. The molecule has 2 N–H and O–H groups in total. The molecular formula is C18H26N4O4. The third kappa shape index (κ3) is 4.57. The molecule has 2 heterocycles. The van der Waals surface area contributed by atoms with Gasteiger partial charge in [-0.05, 0) is 13.0 Å². The van der Waals surface area contributed by atoms with Crippen LogP contribution in [0.25, 0.3) is 0 Å². The van der Waals surface area contributed by atoms with E-state index in [1.54, 1.807) is 12.0 Å². The Morgan fingerprint density at radius 3 is 3.04 bits per heavy atom. The van der Waals surface area contributed by atoms with Crippen molar-refractivity contribution in [1.82, 2.24) is 20.4 Å². The van der Waals surface area contributed by atoms with Gasteiger partial charge in [0.2, 0.25) is 5.91 Å². The summed E-state index contributed by atoms with van der Waals surface area (Å²) < 4.78 is 11.2. The number of rotatable bonds is 6. The van der Waals surface area contributed by atoms with Crippen LogP contribution in [-0.2, 0) is 11.3 Å². The highest BCUT2D eigenvalue weighted by atomic mass is 16.5. The molecule has 1 aromatic carbocycles. The monoisotopic (exact) mass is 362 g/mol. The van der Waals surface area contributed by atoms with Gasteiger partial charge in [-0.15, -0.1) is 0 Å². The lowest BCUT2D eigenvalue weighted by atomic mass is 10.2. The lowest BCUT2D eigenvalue weighted by Crippen LogP contribution is -2.42. The Balaban J connectivity index is 1.51. The topological polar surface area (TPSA) is 83.1 Å². The van der Waals surface area contributed by atoms with Crippen molar-refractivity contribution in [3.05, 3.63) is 23.8 Å². The second-order valence-corrected chi connectivity index (χ2v) is 6.64. The molecule has 0 aromatic heterocycles. The molecule has 0 radical (unpaired) electrons. The highest BCUT2D eigenvalue weighted by molar-refractivity contribution is 5.78. The molecule has 1 aromatic rings. The number of benzene rings is 1. The molecule has 1 atom stereocenters. The smallest absolute Gasteiger partial charge is 0.317 e. The summed E-state index contributed by atoms with van der Waals surface area (Å²) in [4.78, 5) is 27.5. The van der Waals surface area contributed by atoms with Crippen LogP contribution >= 0.6 is 0 Å². The first-order chi connectivity index (χ1) is 12.5. The number of urea groups is 1. The summed E-state index contributed by atoms with van der Waals surface area (Å²) in [5, 5.41) is 5.64. The maximum atomic E-state index is 12.3.